The number of methoxy groups -OCH3 is 1. The van der Waals surface area contributed by atoms with Crippen LogP contribution in [0, 0.1) is 0 Å². The molecule has 2 N–H and O–H groups in total. The first kappa shape index (κ1) is 16.8. The molecule has 0 spiro atoms. The first-order valence-corrected chi connectivity index (χ1v) is 5.98. The molecular weight excluding hydrogens is 289 g/mol. The molecule has 1 aromatic carbocycles. The van der Waals surface area contributed by atoms with Crippen LogP contribution in [-0.2, 0) is 9.59 Å². The summed E-state index contributed by atoms with van der Waals surface area (Å²) in [4.78, 5) is 22.1. The summed E-state index contributed by atoms with van der Waals surface area (Å²) in [6, 6.07) is 3.03. The van der Waals surface area contributed by atoms with E-state index in [4.69, 9.17) is 4.74 Å². The molecule has 0 heterocycles. The van der Waals surface area contributed by atoms with Crippen molar-refractivity contribution in [3.05, 3.63) is 29.8 Å². The summed E-state index contributed by atoms with van der Waals surface area (Å²) < 4.78 is 43.9. The highest BCUT2D eigenvalue weighted by molar-refractivity contribution is 5.83. The lowest BCUT2D eigenvalue weighted by molar-refractivity contribution is -0.163. The number of ether oxygens (including phenoxy) is 1. The van der Waals surface area contributed by atoms with Crippen LogP contribution in [0.2, 0.25) is 0 Å². The zero-order valence-electron chi connectivity index (χ0n) is 11.5. The van der Waals surface area contributed by atoms with Gasteiger partial charge in [0.25, 0.3) is 0 Å². The second-order valence-corrected chi connectivity index (χ2v) is 4.23. The minimum atomic E-state index is -4.65. The molecule has 21 heavy (non-hydrogen) atoms. The van der Waals surface area contributed by atoms with E-state index in [1.807, 2.05) is 5.32 Å². The molecule has 2 amide bonds. The standard InChI is InChI=1S/C13H15F3N2O3/c1-8(19)17-7-11(20)18-12(13(14,15)16)9-3-5-10(21-2)6-4-9/h3-6,12H,7H2,1-2H3,(H,17,19)(H,18,20)/t12-/m0/s1. The van der Waals surface area contributed by atoms with Crippen molar-refractivity contribution >= 4 is 11.8 Å². The van der Waals surface area contributed by atoms with Crippen LogP contribution in [0.4, 0.5) is 13.2 Å². The van der Waals surface area contributed by atoms with Gasteiger partial charge in [-0.3, -0.25) is 9.59 Å². The predicted molar refractivity (Wildman–Crippen MR) is 68.6 cm³/mol. The molecule has 0 aromatic heterocycles. The third-order valence-corrected chi connectivity index (χ3v) is 2.58. The van der Waals surface area contributed by atoms with Crippen molar-refractivity contribution in [1.29, 1.82) is 0 Å². The molecule has 0 saturated carbocycles. The Hall–Kier alpha value is -2.25. The molecule has 0 radical (unpaired) electrons. The number of carbonyl (C=O) groups is 2. The third-order valence-electron chi connectivity index (χ3n) is 2.58. The second-order valence-electron chi connectivity index (χ2n) is 4.23. The Balaban J connectivity index is 2.85. The van der Waals surface area contributed by atoms with E-state index in [0.717, 1.165) is 6.92 Å². The largest absolute Gasteiger partial charge is 0.497 e. The van der Waals surface area contributed by atoms with Gasteiger partial charge in [0.05, 0.1) is 13.7 Å². The van der Waals surface area contributed by atoms with E-state index in [1.54, 1.807) is 0 Å². The molecule has 0 fully saturated rings. The van der Waals surface area contributed by atoms with Crippen molar-refractivity contribution in [2.24, 2.45) is 0 Å². The summed E-state index contributed by atoms with van der Waals surface area (Å²) in [7, 11) is 1.39. The SMILES string of the molecule is COc1ccc([C@H](NC(=O)CNC(C)=O)C(F)(F)F)cc1. The number of benzene rings is 1. The zero-order valence-corrected chi connectivity index (χ0v) is 11.5. The van der Waals surface area contributed by atoms with Crippen LogP contribution in [0.3, 0.4) is 0 Å². The first-order chi connectivity index (χ1) is 9.74. The van der Waals surface area contributed by atoms with Crippen molar-refractivity contribution in [1.82, 2.24) is 10.6 Å². The number of rotatable bonds is 5. The Kier molecular flexibility index (Phi) is 5.57. The fourth-order valence-electron chi connectivity index (χ4n) is 1.57. The van der Waals surface area contributed by atoms with Crippen LogP contribution < -0.4 is 15.4 Å². The van der Waals surface area contributed by atoms with E-state index in [1.165, 1.54) is 31.4 Å². The Labute approximate surface area is 119 Å². The van der Waals surface area contributed by atoms with Gasteiger partial charge in [-0.1, -0.05) is 12.1 Å². The number of amides is 2. The summed E-state index contributed by atoms with van der Waals surface area (Å²) in [6.45, 7) is 0.649. The van der Waals surface area contributed by atoms with Gasteiger partial charge < -0.3 is 15.4 Å². The minimum absolute atomic E-state index is 0.125. The van der Waals surface area contributed by atoms with Crippen molar-refractivity contribution in [3.8, 4) is 5.75 Å². The fraction of sp³-hybridized carbons (Fsp3) is 0.385. The Morgan fingerprint density at radius 3 is 2.24 bits per heavy atom. The van der Waals surface area contributed by atoms with Crippen molar-refractivity contribution in [3.63, 3.8) is 0 Å². The second kappa shape index (κ2) is 6.96. The average Bonchev–Trinajstić information content (AvgIpc) is 2.41. The quantitative estimate of drug-likeness (QED) is 0.867. The van der Waals surface area contributed by atoms with Crippen LogP contribution in [0.1, 0.15) is 18.5 Å². The molecule has 0 saturated heterocycles. The lowest BCUT2D eigenvalue weighted by atomic mass is 10.1. The average molecular weight is 304 g/mol. The molecule has 5 nitrogen and oxygen atoms in total. The lowest BCUT2D eigenvalue weighted by Crippen LogP contribution is -2.42. The first-order valence-electron chi connectivity index (χ1n) is 5.98. The smallest absolute Gasteiger partial charge is 0.412 e. The van der Waals surface area contributed by atoms with E-state index < -0.39 is 30.6 Å². The number of alkyl halides is 3. The maximum atomic E-state index is 13.0. The topological polar surface area (TPSA) is 67.4 Å². The Morgan fingerprint density at radius 2 is 1.81 bits per heavy atom. The molecule has 8 heteroatoms. The molecule has 1 rings (SSSR count). The van der Waals surface area contributed by atoms with Gasteiger partial charge in [0.1, 0.15) is 5.75 Å². The van der Waals surface area contributed by atoms with Gasteiger partial charge in [-0.15, -0.1) is 0 Å². The number of halogens is 3. The number of hydrogen-bond acceptors (Lipinski definition) is 3. The molecule has 0 aliphatic carbocycles. The Morgan fingerprint density at radius 1 is 1.24 bits per heavy atom. The highest BCUT2D eigenvalue weighted by atomic mass is 19.4. The van der Waals surface area contributed by atoms with Gasteiger partial charge in [-0.2, -0.15) is 13.2 Å². The van der Waals surface area contributed by atoms with Crippen LogP contribution in [0.25, 0.3) is 0 Å². The molecular formula is C13H15F3N2O3. The third kappa shape index (κ3) is 5.33. The van der Waals surface area contributed by atoms with Gasteiger partial charge in [-0.25, -0.2) is 0 Å². The molecule has 1 atom stereocenters. The highest BCUT2D eigenvalue weighted by Gasteiger charge is 2.41. The monoisotopic (exact) mass is 304 g/mol. The van der Waals surface area contributed by atoms with Gasteiger partial charge in [0.15, 0.2) is 6.04 Å². The van der Waals surface area contributed by atoms with E-state index in [0.29, 0.717) is 5.75 Å². The van der Waals surface area contributed by atoms with Crippen LogP contribution in [0.5, 0.6) is 5.75 Å². The van der Waals surface area contributed by atoms with E-state index >= 15 is 0 Å². The summed E-state index contributed by atoms with van der Waals surface area (Å²) in [5, 5.41) is 3.98. The summed E-state index contributed by atoms with van der Waals surface area (Å²) in [5.74, 6) is -1.02. The predicted octanol–water partition coefficient (Wildman–Crippen LogP) is 1.55. The fourth-order valence-corrected chi connectivity index (χ4v) is 1.57. The van der Waals surface area contributed by atoms with Crippen molar-refractivity contribution in [2.45, 2.75) is 19.1 Å². The molecule has 0 unspecified atom stereocenters. The molecule has 0 aliphatic rings. The Bertz CT molecular complexity index is 500. The van der Waals surface area contributed by atoms with Crippen LogP contribution in [-0.4, -0.2) is 31.6 Å². The number of hydrogen-bond donors (Lipinski definition) is 2. The summed E-state index contributed by atoms with van der Waals surface area (Å²) >= 11 is 0. The van der Waals surface area contributed by atoms with Crippen LogP contribution in [0.15, 0.2) is 24.3 Å². The van der Waals surface area contributed by atoms with Crippen molar-refractivity contribution in [2.75, 3.05) is 13.7 Å². The molecule has 0 aliphatic heterocycles. The number of nitrogens with one attached hydrogen (secondary N) is 2. The summed E-state index contributed by atoms with van der Waals surface area (Å²) in [5.41, 5.74) is -0.125. The van der Waals surface area contributed by atoms with Gasteiger partial charge in [0, 0.05) is 6.92 Å². The van der Waals surface area contributed by atoms with Crippen molar-refractivity contribution < 1.29 is 27.5 Å². The van der Waals surface area contributed by atoms with Gasteiger partial charge in [0.2, 0.25) is 11.8 Å². The zero-order chi connectivity index (χ0) is 16.0. The van der Waals surface area contributed by atoms with E-state index in [-0.39, 0.29) is 5.56 Å². The number of carbonyl (C=O) groups excluding carboxylic acids is 2. The van der Waals surface area contributed by atoms with E-state index in [9.17, 15) is 22.8 Å². The molecule has 116 valence electrons. The molecule has 0 bridgehead atoms. The lowest BCUT2D eigenvalue weighted by Gasteiger charge is -2.22. The highest BCUT2D eigenvalue weighted by Crippen LogP contribution is 2.33. The van der Waals surface area contributed by atoms with Gasteiger partial charge >= 0.3 is 6.18 Å². The maximum Gasteiger partial charge on any atom is 0.412 e. The molecule has 1 aromatic rings. The van der Waals surface area contributed by atoms with E-state index in [2.05, 4.69) is 5.32 Å². The summed E-state index contributed by atoms with van der Waals surface area (Å²) in [6.07, 6.45) is -4.65. The van der Waals surface area contributed by atoms with Crippen LogP contribution >= 0.6 is 0 Å². The maximum absolute atomic E-state index is 13.0. The van der Waals surface area contributed by atoms with Gasteiger partial charge in [-0.05, 0) is 17.7 Å². The normalized spacial score (nSPS) is 12.4. The minimum Gasteiger partial charge on any atom is -0.497 e.